The molecule has 1 aliphatic rings. The standard InChI is InChI=1S/C11H22N6/c1-15-4-5-16(2)11(8-15)10(12)6-9-7-17(3)14-13-9/h7,10-11H,4-6,8,12H2,1-3H3. The summed E-state index contributed by atoms with van der Waals surface area (Å²) >= 11 is 0. The number of hydrogen-bond donors (Lipinski definition) is 1. The zero-order chi connectivity index (χ0) is 12.4. The molecule has 2 rings (SSSR count). The molecule has 0 aliphatic carbocycles. The molecule has 1 aromatic rings. The van der Waals surface area contributed by atoms with Crippen LogP contribution in [0, 0.1) is 0 Å². The molecule has 6 nitrogen and oxygen atoms in total. The van der Waals surface area contributed by atoms with Crippen molar-refractivity contribution in [2.24, 2.45) is 12.8 Å². The van der Waals surface area contributed by atoms with Gasteiger partial charge in [-0.3, -0.25) is 9.58 Å². The van der Waals surface area contributed by atoms with Gasteiger partial charge in [0.15, 0.2) is 0 Å². The van der Waals surface area contributed by atoms with Crippen LogP contribution < -0.4 is 5.73 Å². The fraction of sp³-hybridized carbons (Fsp3) is 0.818. The van der Waals surface area contributed by atoms with E-state index in [0.717, 1.165) is 31.7 Å². The van der Waals surface area contributed by atoms with Crippen LogP contribution in [0.1, 0.15) is 5.69 Å². The van der Waals surface area contributed by atoms with Crippen molar-refractivity contribution in [3.05, 3.63) is 11.9 Å². The molecule has 2 N–H and O–H groups in total. The molecule has 0 saturated carbocycles. The number of aryl methyl sites for hydroxylation is 1. The topological polar surface area (TPSA) is 63.2 Å². The Labute approximate surface area is 102 Å². The molecule has 0 aromatic carbocycles. The third-order valence-electron chi connectivity index (χ3n) is 3.49. The van der Waals surface area contributed by atoms with E-state index in [2.05, 4.69) is 34.2 Å². The first kappa shape index (κ1) is 12.5. The summed E-state index contributed by atoms with van der Waals surface area (Å²) in [5.41, 5.74) is 7.27. The lowest BCUT2D eigenvalue weighted by molar-refractivity contribution is 0.0971. The van der Waals surface area contributed by atoms with Gasteiger partial charge in [0.25, 0.3) is 0 Å². The van der Waals surface area contributed by atoms with Gasteiger partial charge in [0, 0.05) is 51.4 Å². The summed E-state index contributed by atoms with van der Waals surface area (Å²) in [4.78, 5) is 4.68. The number of nitrogens with two attached hydrogens (primary N) is 1. The quantitative estimate of drug-likeness (QED) is 0.726. The van der Waals surface area contributed by atoms with E-state index in [-0.39, 0.29) is 6.04 Å². The fourth-order valence-corrected chi connectivity index (χ4v) is 2.37. The maximum atomic E-state index is 6.30. The SMILES string of the molecule is CN1CCN(C)C(C(N)Cc2cn(C)nn2)C1. The third-order valence-corrected chi connectivity index (χ3v) is 3.49. The van der Waals surface area contributed by atoms with Crippen molar-refractivity contribution < 1.29 is 0 Å². The van der Waals surface area contributed by atoms with Gasteiger partial charge in [-0.25, -0.2) is 0 Å². The lowest BCUT2D eigenvalue weighted by Crippen LogP contribution is -2.58. The highest BCUT2D eigenvalue weighted by Gasteiger charge is 2.28. The van der Waals surface area contributed by atoms with Crippen molar-refractivity contribution in [1.29, 1.82) is 0 Å². The van der Waals surface area contributed by atoms with Crippen LogP contribution in [0.3, 0.4) is 0 Å². The molecule has 6 heteroatoms. The molecule has 0 bridgehead atoms. The van der Waals surface area contributed by atoms with Crippen LogP contribution in [-0.4, -0.2) is 70.6 Å². The minimum atomic E-state index is 0.111. The van der Waals surface area contributed by atoms with E-state index in [1.807, 2.05) is 13.2 Å². The van der Waals surface area contributed by atoms with Crippen molar-refractivity contribution in [3.8, 4) is 0 Å². The van der Waals surface area contributed by atoms with Crippen molar-refractivity contribution in [2.45, 2.75) is 18.5 Å². The highest BCUT2D eigenvalue weighted by atomic mass is 15.4. The molecule has 0 radical (unpaired) electrons. The molecule has 1 aromatic heterocycles. The smallest absolute Gasteiger partial charge is 0.0843 e. The Bertz CT molecular complexity index is 363. The summed E-state index contributed by atoms with van der Waals surface area (Å²) in [6.07, 6.45) is 2.73. The monoisotopic (exact) mass is 238 g/mol. The fourth-order valence-electron chi connectivity index (χ4n) is 2.37. The predicted molar refractivity (Wildman–Crippen MR) is 66.6 cm³/mol. The summed E-state index contributed by atoms with van der Waals surface area (Å²) in [6, 6.07) is 0.509. The molecule has 1 aliphatic heterocycles. The van der Waals surface area contributed by atoms with E-state index in [1.54, 1.807) is 4.68 Å². The summed E-state index contributed by atoms with van der Waals surface area (Å²) < 4.78 is 1.72. The van der Waals surface area contributed by atoms with Crippen LogP contribution in [0.4, 0.5) is 0 Å². The molecule has 0 amide bonds. The van der Waals surface area contributed by atoms with Crippen molar-refractivity contribution in [1.82, 2.24) is 24.8 Å². The Morgan fingerprint density at radius 2 is 2.18 bits per heavy atom. The number of likely N-dealkylation sites (N-methyl/N-ethyl adjacent to an activating group) is 2. The van der Waals surface area contributed by atoms with Crippen LogP contribution in [-0.2, 0) is 13.5 Å². The van der Waals surface area contributed by atoms with E-state index < -0.39 is 0 Å². The molecule has 2 atom stereocenters. The van der Waals surface area contributed by atoms with E-state index in [4.69, 9.17) is 5.73 Å². The number of hydrogen-bond acceptors (Lipinski definition) is 5. The van der Waals surface area contributed by atoms with Crippen LogP contribution in [0.15, 0.2) is 6.20 Å². The normalized spacial score (nSPS) is 25.1. The average molecular weight is 238 g/mol. The molecule has 2 heterocycles. The van der Waals surface area contributed by atoms with Crippen molar-refractivity contribution >= 4 is 0 Å². The molecule has 0 spiro atoms. The molecule has 96 valence electrons. The van der Waals surface area contributed by atoms with Gasteiger partial charge >= 0.3 is 0 Å². The number of nitrogens with zero attached hydrogens (tertiary/aromatic N) is 5. The molecular formula is C11H22N6. The summed E-state index contributed by atoms with van der Waals surface area (Å²) in [5, 5.41) is 8.03. The summed E-state index contributed by atoms with van der Waals surface area (Å²) in [6.45, 7) is 3.22. The minimum Gasteiger partial charge on any atom is -0.326 e. The molecule has 17 heavy (non-hydrogen) atoms. The first-order valence-electron chi connectivity index (χ1n) is 6.06. The number of rotatable bonds is 3. The zero-order valence-electron chi connectivity index (χ0n) is 10.9. The van der Waals surface area contributed by atoms with Gasteiger partial charge in [0.1, 0.15) is 0 Å². The highest BCUT2D eigenvalue weighted by Crippen LogP contribution is 2.11. The maximum absolute atomic E-state index is 6.30. The molecule has 1 fully saturated rings. The van der Waals surface area contributed by atoms with Crippen LogP contribution in [0.25, 0.3) is 0 Å². The molecule has 2 unspecified atom stereocenters. The first-order chi connectivity index (χ1) is 8.06. The predicted octanol–water partition coefficient (Wildman–Crippen LogP) is -1.07. The van der Waals surface area contributed by atoms with Crippen LogP contribution in [0.5, 0.6) is 0 Å². The molecule has 1 saturated heterocycles. The van der Waals surface area contributed by atoms with Gasteiger partial charge < -0.3 is 10.6 Å². The van der Waals surface area contributed by atoms with Gasteiger partial charge in [0.05, 0.1) is 5.69 Å². The van der Waals surface area contributed by atoms with Gasteiger partial charge in [0.2, 0.25) is 0 Å². The van der Waals surface area contributed by atoms with Crippen molar-refractivity contribution in [3.63, 3.8) is 0 Å². The minimum absolute atomic E-state index is 0.111. The van der Waals surface area contributed by atoms with Crippen LogP contribution >= 0.6 is 0 Å². The Morgan fingerprint density at radius 3 is 2.82 bits per heavy atom. The maximum Gasteiger partial charge on any atom is 0.0843 e. The Morgan fingerprint density at radius 1 is 1.41 bits per heavy atom. The zero-order valence-corrected chi connectivity index (χ0v) is 10.9. The average Bonchev–Trinajstić information content (AvgIpc) is 2.67. The lowest BCUT2D eigenvalue weighted by atomic mass is 10.0. The Balaban J connectivity index is 1.96. The Kier molecular flexibility index (Phi) is 3.76. The van der Waals surface area contributed by atoms with Gasteiger partial charge in [-0.05, 0) is 14.1 Å². The number of aromatic nitrogens is 3. The highest BCUT2D eigenvalue weighted by molar-refractivity contribution is 4.99. The van der Waals surface area contributed by atoms with E-state index >= 15 is 0 Å². The van der Waals surface area contributed by atoms with Crippen molar-refractivity contribution in [2.75, 3.05) is 33.7 Å². The first-order valence-corrected chi connectivity index (χ1v) is 6.06. The van der Waals surface area contributed by atoms with E-state index in [9.17, 15) is 0 Å². The summed E-state index contributed by atoms with van der Waals surface area (Å²) in [5.74, 6) is 0. The van der Waals surface area contributed by atoms with E-state index in [0.29, 0.717) is 6.04 Å². The largest absolute Gasteiger partial charge is 0.326 e. The molecular weight excluding hydrogens is 216 g/mol. The second kappa shape index (κ2) is 5.12. The second-order valence-electron chi connectivity index (χ2n) is 5.06. The second-order valence-corrected chi connectivity index (χ2v) is 5.06. The van der Waals surface area contributed by atoms with Crippen LogP contribution in [0.2, 0.25) is 0 Å². The van der Waals surface area contributed by atoms with E-state index in [1.165, 1.54) is 0 Å². The van der Waals surface area contributed by atoms with Gasteiger partial charge in [-0.15, -0.1) is 5.10 Å². The van der Waals surface area contributed by atoms with Gasteiger partial charge in [-0.2, -0.15) is 0 Å². The van der Waals surface area contributed by atoms with Gasteiger partial charge in [-0.1, -0.05) is 5.21 Å². The Hall–Kier alpha value is -0.980. The third kappa shape index (κ3) is 3.02. The summed E-state index contributed by atoms with van der Waals surface area (Å²) in [7, 11) is 6.17. The number of piperazine rings is 1. The lowest BCUT2D eigenvalue weighted by Gasteiger charge is -2.40.